The number of carbonyl (C=O) groups excluding carboxylic acids is 1. The van der Waals surface area contributed by atoms with Gasteiger partial charge in [-0.3, -0.25) is 0 Å². The van der Waals surface area contributed by atoms with Gasteiger partial charge in [0.1, 0.15) is 0 Å². The molecular weight excluding hydrogens is 252 g/mol. The summed E-state index contributed by atoms with van der Waals surface area (Å²) in [5, 5.41) is 0. The van der Waals surface area contributed by atoms with Crippen LogP contribution in [0.1, 0.15) is 52.4 Å². The van der Waals surface area contributed by atoms with Crippen molar-refractivity contribution >= 4 is 5.97 Å². The van der Waals surface area contributed by atoms with Crippen molar-refractivity contribution in [3.63, 3.8) is 0 Å². The van der Waals surface area contributed by atoms with Gasteiger partial charge in [-0.15, -0.1) is 0 Å². The predicted molar refractivity (Wildman–Crippen MR) is 79.4 cm³/mol. The Morgan fingerprint density at radius 3 is 2.85 bits per heavy atom. The Hall–Kier alpha value is -1.09. The zero-order valence-corrected chi connectivity index (χ0v) is 12.7. The summed E-state index contributed by atoms with van der Waals surface area (Å²) >= 11 is 0. The summed E-state index contributed by atoms with van der Waals surface area (Å²) < 4.78 is 10.9. The van der Waals surface area contributed by atoms with E-state index in [-0.39, 0.29) is 5.97 Å². The molecule has 2 aliphatic rings. The fourth-order valence-electron chi connectivity index (χ4n) is 2.89. The van der Waals surface area contributed by atoms with E-state index in [9.17, 15) is 4.79 Å². The van der Waals surface area contributed by atoms with E-state index in [1.807, 2.05) is 13.0 Å². The smallest absolute Gasteiger partial charge is 0.337 e. The lowest BCUT2D eigenvalue weighted by atomic mass is 9.90. The molecule has 1 aliphatic carbocycles. The van der Waals surface area contributed by atoms with Crippen molar-refractivity contribution in [3.05, 3.63) is 23.8 Å². The van der Waals surface area contributed by atoms with Crippen molar-refractivity contribution in [1.29, 1.82) is 0 Å². The Morgan fingerprint density at radius 1 is 1.40 bits per heavy atom. The molecule has 0 radical (unpaired) electrons. The molecule has 3 heteroatoms. The zero-order chi connectivity index (χ0) is 14.5. The van der Waals surface area contributed by atoms with Gasteiger partial charge in [-0.1, -0.05) is 26.0 Å². The van der Waals surface area contributed by atoms with Crippen molar-refractivity contribution in [3.8, 4) is 0 Å². The van der Waals surface area contributed by atoms with Gasteiger partial charge in [0.25, 0.3) is 0 Å². The maximum Gasteiger partial charge on any atom is 0.337 e. The molecule has 20 heavy (non-hydrogen) atoms. The topological polar surface area (TPSA) is 38.8 Å². The maximum atomic E-state index is 12.0. The normalized spacial score (nSPS) is 28.7. The van der Waals surface area contributed by atoms with E-state index < -0.39 is 0 Å². The largest absolute Gasteiger partial charge is 0.462 e. The third-order valence-electron chi connectivity index (χ3n) is 4.35. The number of hydrogen-bond donors (Lipinski definition) is 0. The number of ether oxygens (including phenoxy) is 2. The highest BCUT2D eigenvalue weighted by Gasteiger charge is 2.44. The van der Waals surface area contributed by atoms with Crippen LogP contribution in [0.2, 0.25) is 0 Å². The van der Waals surface area contributed by atoms with Crippen LogP contribution in [-0.2, 0) is 14.3 Å². The molecule has 1 saturated carbocycles. The van der Waals surface area contributed by atoms with E-state index in [2.05, 4.69) is 13.5 Å². The lowest BCUT2D eigenvalue weighted by Crippen LogP contribution is -2.21. The molecule has 3 atom stereocenters. The average Bonchev–Trinajstić information content (AvgIpc) is 3.23. The van der Waals surface area contributed by atoms with Crippen molar-refractivity contribution in [1.82, 2.24) is 0 Å². The lowest BCUT2D eigenvalue weighted by Gasteiger charge is -2.19. The van der Waals surface area contributed by atoms with E-state index >= 15 is 0 Å². The van der Waals surface area contributed by atoms with Crippen LogP contribution in [0.25, 0.3) is 0 Å². The summed E-state index contributed by atoms with van der Waals surface area (Å²) in [6, 6.07) is 0. The average molecular weight is 278 g/mol. The second kappa shape index (κ2) is 7.07. The highest BCUT2D eigenvalue weighted by molar-refractivity contribution is 5.92. The summed E-state index contributed by atoms with van der Waals surface area (Å²) in [7, 11) is 0. The molecule has 0 bridgehead atoms. The molecule has 0 N–H and O–H groups in total. The van der Waals surface area contributed by atoms with E-state index in [1.165, 1.54) is 0 Å². The highest BCUT2D eigenvalue weighted by atomic mass is 16.6. The Kier molecular flexibility index (Phi) is 5.41. The minimum Gasteiger partial charge on any atom is -0.462 e. The molecule has 0 spiro atoms. The molecule has 112 valence electrons. The fraction of sp³-hybridized carbons (Fsp3) is 0.706. The molecular formula is C17H26O3. The Labute approximate surface area is 122 Å². The molecule has 2 rings (SSSR count). The monoisotopic (exact) mass is 278 g/mol. The third-order valence-corrected chi connectivity index (χ3v) is 4.35. The number of epoxide rings is 1. The summed E-state index contributed by atoms with van der Waals surface area (Å²) in [6.45, 7) is 8.50. The number of fused-ring (bicyclic) bond motifs is 1. The molecule has 3 nitrogen and oxygen atoms in total. The summed E-state index contributed by atoms with van der Waals surface area (Å²) in [6.07, 6.45) is 9.27. The molecule has 0 amide bonds. The first kappa shape index (κ1) is 15.3. The molecule has 0 aromatic rings. The molecule has 1 saturated heterocycles. The predicted octanol–water partition coefficient (Wildman–Crippen LogP) is 3.79. The number of allylic oxidation sites excluding steroid dienone is 1. The van der Waals surface area contributed by atoms with Crippen LogP contribution >= 0.6 is 0 Å². The van der Waals surface area contributed by atoms with Crippen molar-refractivity contribution < 1.29 is 14.3 Å². The van der Waals surface area contributed by atoms with Crippen LogP contribution in [0.3, 0.4) is 0 Å². The van der Waals surface area contributed by atoms with Gasteiger partial charge in [-0.05, 0) is 50.5 Å². The van der Waals surface area contributed by atoms with Crippen LogP contribution < -0.4 is 0 Å². The van der Waals surface area contributed by atoms with Crippen LogP contribution in [-0.4, -0.2) is 24.8 Å². The third kappa shape index (κ3) is 3.95. The number of unbranched alkanes of at least 4 members (excludes halogenated alkanes) is 1. The molecule has 0 aromatic carbocycles. The second-order valence-electron chi connectivity index (χ2n) is 5.89. The lowest BCUT2D eigenvalue weighted by molar-refractivity contribution is -0.140. The standard InChI is InChI=1S/C17H26O3/c1-4-6-7-14(5-2)12(3)17(18)19-11-13-8-9-15-16(10-13)20-15/h5,13,15-16H,3-4,6-11H2,1-2H3/b14-5+. The van der Waals surface area contributed by atoms with Gasteiger partial charge in [-0.25, -0.2) is 4.79 Å². The van der Waals surface area contributed by atoms with E-state index in [0.717, 1.165) is 44.1 Å². The molecule has 0 aromatic heterocycles. The number of rotatable bonds is 7. The van der Waals surface area contributed by atoms with Gasteiger partial charge in [0.2, 0.25) is 0 Å². The highest BCUT2D eigenvalue weighted by Crippen LogP contribution is 2.39. The number of esters is 1. The van der Waals surface area contributed by atoms with E-state index in [1.54, 1.807) is 0 Å². The van der Waals surface area contributed by atoms with E-state index in [0.29, 0.717) is 30.3 Å². The molecule has 1 heterocycles. The summed E-state index contributed by atoms with van der Waals surface area (Å²) in [4.78, 5) is 12.0. The van der Waals surface area contributed by atoms with Gasteiger partial charge in [0.05, 0.1) is 24.4 Å². The first-order chi connectivity index (χ1) is 9.65. The molecule has 2 fully saturated rings. The van der Waals surface area contributed by atoms with E-state index in [4.69, 9.17) is 9.47 Å². The second-order valence-corrected chi connectivity index (χ2v) is 5.89. The number of hydrogen-bond acceptors (Lipinski definition) is 3. The van der Waals surface area contributed by atoms with Gasteiger partial charge >= 0.3 is 5.97 Å². The Morgan fingerprint density at radius 2 is 2.20 bits per heavy atom. The van der Waals surface area contributed by atoms with Crippen molar-refractivity contribution in [2.24, 2.45) is 5.92 Å². The van der Waals surface area contributed by atoms with Gasteiger partial charge in [0.15, 0.2) is 0 Å². The Balaban J connectivity index is 1.74. The fourth-order valence-corrected chi connectivity index (χ4v) is 2.89. The summed E-state index contributed by atoms with van der Waals surface area (Å²) in [5.74, 6) is 0.202. The molecule has 3 unspecified atom stereocenters. The van der Waals surface area contributed by atoms with Crippen molar-refractivity contribution in [2.45, 2.75) is 64.6 Å². The zero-order valence-electron chi connectivity index (χ0n) is 12.7. The minimum atomic E-state index is -0.256. The van der Waals surface area contributed by atoms with Crippen LogP contribution in [0.4, 0.5) is 0 Å². The van der Waals surface area contributed by atoms with Crippen LogP contribution in [0, 0.1) is 5.92 Å². The van der Waals surface area contributed by atoms with Crippen molar-refractivity contribution in [2.75, 3.05) is 6.61 Å². The minimum absolute atomic E-state index is 0.256. The quantitative estimate of drug-likeness (QED) is 0.308. The van der Waals surface area contributed by atoms with Gasteiger partial charge < -0.3 is 9.47 Å². The van der Waals surface area contributed by atoms with Gasteiger partial charge in [-0.2, -0.15) is 0 Å². The first-order valence-electron chi connectivity index (χ1n) is 7.82. The van der Waals surface area contributed by atoms with Gasteiger partial charge in [0, 0.05) is 0 Å². The first-order valence-corrected chi connectivity index (χ1v) is 7.82. The Bertz CT molecular complexity index is 397. The molecule has 1 aliphatic heterocycles. The summed E-state index contributed by atoms with van der Waals surface area (Å²) in [5.41, 5.74) is 1.54. The number of carbonyl (C=O) groups is 1. The van der Waals surface area contributed by atoms with Crippen LogP contribution in [0.5, 0.6) is 0 Å². The maximum absolute atomic E-state index is 12.0. The van der Waals surface area contributed by atoms with Crippen LogP contribution in [0.15, 0.2) is 23.8 Å². The SMILES string of the molecule is C=C(C(=O)OCC1CCC2OC2C1)/C(=C/C)CCCC.